The Morgan fingerprint density at radius 2 is 1.15 bits per heavy atom. The molecule has 2 N–H and O–H groups in total. The monoisotopic (exact) mass is 703 g/mol. The fourth-order valence-electron chi connectivity index (χ4n) is 5.74. The molecule has 0 bridgehead atoms. The molecule has 0 saturated carbocycles. The van der Waals surface area contributed by atoms with Crippen molar-refractivity contribution in [3.63, 3.8) is 0 Å². The zero-order chi connectivity index (χ0) is 35.8. The number of phosphoric ester groups is 1. The molecule has 0 aliphatic carbocycles. The molecule has 8 nitrogen and oxygen atoms in total. The number of amides is 1. The molecular formula is C39H79N2O6P. The van der Waals surface area contributed by atoms with E-state index in [9.17, 15) is 19.4 Å². The molecule has 0 saturated heterocycles. The number of phosphoric acid groups is 1. The number of carbonyl (C=O) groups excluding carboxylic acids is 1. The number of aliphatic hydroxyl groups is 1. The lowest BCUT2D eigenvalue weighted by molar-refractivity contribution is -0.870. The molecule has 0 radical (unpaired) electrons. The molecule has 0 rings (SSSR count). The molecule has 286 valence electrons. The summed E-state index contributed by atoms with van der Waals surface area (Å²) in [5.74, 6) is -0.178. The van der Waals surface area contributed by atoms with Gasteiger partial charge in [-0.15, -0.1) is 0 Å². The van der Waals surface area contributed by atoms with Crippen LogP contribution in [0.25, 0.3) is 0 Å². The van der Waals surface area contributed by atoms with Gasteiger partial charge in [0.1, 0.15) is 13.2 Å². The van der Waals surface area contributed by atoms with Crippen molar-refractivity contribution < 1.29 is 32.9 Å². The Morgan fingerprint density at radius 1 is 0.708 bits per heavy atom. The summed E-state index contributed by atoms with van der Waals surface area (Å²) in [7, 11) is 1.29. The molecular weight excluding hydrogens is 623 g/mol. The van der Waals surface area contributed by atoms with Gasteiger partial charge in [-0.25, -0.2) is 0 Å². The van der Waals surface area contributed by atoms with Crippen LogP contribution >= 0.6 is 7.82 Å². The summed E-state index contributed by atoms with van der Waals surface area (Å²) in [5.41, 5.74) is 0. The third-order valence-electron chi connectivity index (χ3n) is 9.00. The van der Waals surface area contributed by atoms with Crippen LogP contribution in [0.3, 0.4) is 0 Å². The van der Waals surface area contributed by atoms with Gasteiger partial charge < -0.3 is 28.8 Å². The average Bonchev–Trinajstić information content (AvgIpc) is 3.02. The lowest BCUT2D eigenvalue weighted by Gasteiger charge is -2.30. The topological polar surface area (TPSA) is 108 Å². The fraction of sp³-hybridized carbons (Fsp3) is 0.923. The van der Waals surface area contributed by atoms with Gasteiger partial charge in [-0.3, -0.25) is 9.36 Å². The number of rotatable bonds is 36. The van der Waals surface area contributed by atoms with E-state index in [0.717, 1.165) is 44.9 Å². The molecule has 0 spiro atoms. The Bertz CT molecular complexity index is 804. The SMILES string of the molecule is CCCCCCCCCCCCC/C=C/CCCC[C@H](O)[C@@H](COP(=O)([O-])OCC[N+](C)(C)C)NC(=O)CCCCCCCCCCC. The van der Waals surface area contributed by atoms with Crippen LogP contribution < -0.4 is 10.2 Å². The van der Waals surface area contributed by atoms with E-state index >= 15 is 0 Å². The number of allylic oxidation sites excluding steroid dienone is 2. The minimum atomic E-state index is -4.56. The van der Waals surface area contributed by atoms with E-state index < -0.39 is 20.0 Å². The van der Waals surface area contributed by atoms with E-state index in [1.54, 1.807) is 0 Å². The highest BCUT2D eigenvalue weighted by Crippen LogP contribution is 2.38. The summed E-state index contributed by atoms with van der Waals surface area (Å²) in [4.78, 5) is 25.1. The van der Waals surface area contributed by atoms with Crippen molar-refractivity contribution in [2.24, 2.45) is 0 Å². The van der Waals surface area contributed by atoms with E-state index in [1.807, 2.05) is 21.1 Å². The molecule has 9 heteroatoms. The second kappa shape index (κ2) is 32.2. The third kappa shape index (κ3) is 33.7. The van der Waals surface area contributed by atoms with Crippen LogP contribution in [0.5, 0.6) is 0 Å². The lowest BCUT2D eigenvalue weighted by Crippen LogP contribution is -2.46. The zero-order valence-corrected chi connectivity index (χ0v) is 33.1. The van der Waals surface area contributed by atoms with Gasteiger partial charge in [0.15, 0.2) is 0 Å². The van der Waals surface area contributed by atoms with Gasteiger partial charge in [0.25, 0.3) is 7.82 Å². The van der Waals surface area contributed by atoms with Crippen LogP contribution in [-0.4, -0.2) is 68.5 Å². The first-order chi connectivity index (χ1) is 23.0. The minimum absolute atomic E-state index is 0.00916. The Kier molecular flexibility index (Phi) is 31.7. The van der Waals surface area contributed by atoms with Gasteiger partial charge >= 0.3 is 0 Å². The number of carbonyl (C=O) groups is 1. The first kappa shape index (κ1) is 47.2. The first-order valence-corrected chi connectivity index (χ1v) is 21.5. The van der Waals surface area contributed by atoms with Crippen molar-refractivity contribution in [2.75, 3.05) is 40.9 Å². The second-order valence-electron chi connectivity index (χ2n) is 15.0. The highest BCUT2D eigenvalue weighted by atomic mass is 31.2. The summed E-state index contributed by atoms with van der Waals surface area (Å²) < 4.78 is 23.1. The summed E-state index contributed by atoms with van der Waals surface area (Å²) in [6, 6.07) is -0.808. The molecule has 48 heavy (non-hydrogen) atoms. The number of likely N-dealkylation sites (N-methyl/N-ethyl adjacent to an activating group) is 1. The average molecular weight is 703 g/mol. The van der Waals surface area contributed by atoms with Crippen LogP contribution in [0.4, 0.5) is 0 Å². The normalized spacial score (nSPS) is 14.7. The largest absolute Gasteiger partial charge is 0.756 e. The standard InChI is InChI=1S/C39H79N2O6P/c1-6-8-10-12-14-16-17-18-19-20-21-22-23-25-26-28-30-32-38(42)37(36-47-48(44,45)46-35-34-41(3,4)5)40-39(43)33-31-29-27-24-15-13-11-9-7-2/h23,25,37-38,42H,6-22,24,26-36H2,1-5H3,(H-,40,43,44,45)/b25-23+/t37-,38+/m1/s1. The second-order valence-corrected chi connectivity index (χ2v) is 16.4. The Hall–Kier alpha value is -0.760. The maximum atomic E-state index is 12.7. The van der Waals surface area contributed by atoms with E-state index in [-0.39, 0.29) is 19.1 Å². The first-order valence-electron chi connectivity index (χ1n) is 20.0. The van der Waals surface area contributed by atoms with Gasteiger partial charge in [-0.05, 0) is 38.5 Å². The summed E-state index contributed by atoms with van der Waals surface area (Å²) >= 11 is 0. The van der Waals surface area contributed by atoms with E-state index in [1.165, 1.54) is 109 Å². The number of hydrogen-bond donors (Lipinski definition) is 2. The van der Waals surface area contributed by atoms with Crippen molar-refractivity contribution in [1.29, 1.82) is 0 Å². The lowest BCUT2D eigenvalue weighted by atomic mass is 10.0. The number of hydrogen-bond acceptors (Lipinski definition) is 6. The maximum Gasteiger partial charge on any atom is 0.268 e. The van der Waals surface area contributed by atoms with Crippen LogP contribution in [0.2, 0.25) is 0 Å². The highest BCUT2D eigenvalue weighted by Gasteiger charge is 2.24. The van der Waals surface area contributed by atoms with Gasteiger partial charge in [0.2, 0.25) is 5.91 Å². The van der Waals surface area contributed by atoms with Crippen LogP contribution in [0.1, 0.15) is 181 Å². The molecule has 3 atom stereocenters. The molecule has 1 amide bonds. The van der Waals surface area contributed by atoms with Crippen molar-refractivity contribution in [3.8, 4) is 0 Å². The number of aliphatic hydroxyl groups excluding tert-OH is 1. The fourth-order valence-corrected chi connectivity index (χ4v) is 6.46. The van der Waals surface area contributed by atoms with E-state index in [4.69, 9.17) is 9.05 Å². The Balaban J connectivity index is 4.42. The Morgan fingerprint density at radius 3 is 1.62 bits per heavy atom. The molecule has 1 unspecified atom stereocenters. The number of quaternary nitrogens is 1. The smallest absolute Gasteiger partial charge is 0.268 e. The van der Waals surface area contributed by atoms with Crippen molar-refractivity contribution in [3.05, 3.63) is 12.2 Å². The molecule has 0 aromatic heterocycles. The van der Waals surface area contributed by atoms with Crippen LogP contribution in [-0.2, 0) is 18.4 Å². The van der Waals surface area contributed by atoms with Crippen molar-refractivity contribution in [1.82, 2.24) is 5.32 Å². The summed E-state index contributed by atoms with van der Waals surface area (Å²) in [6.45, 7) is 4.67. The van der Waals surface area contributed by atoms with Gasteiger partial charge in [0, 0.05) is 6.42 Å². The van der Waals surface area contributed by atoms with Crippen LogP contribution in [0, 0.1) is 0 Å². The summed E-state index contributed by atoms with van der Waals surface area (Å²) in [6.07, 6.45) is 33.6. The molecule has 0 aromatic carbocycles. The van der Waals surface area contributed by atoms with Gasteiger partial charge in [0.05, 0.1) is 39.9 Å². The number of nitrogens with zero attached hydrogens (tertiary/aromatic N) is 1. The molecule has 0 fully saturated rings. The number of nitrogens with one attached hydrogen (secondary N) is 1. The quantitative estimate of drug-likeness (QED) is 0.0291. The predicted molar refractivity (Wildman–Crippen MR) is 201 cm³/mol. The summed E-state index contributed by atoms with van der Waals surface area (Å²) in [5, 5.41) is 13.8. The minimum Gasteiger partial charge on any atom is -0.756 e. The molecule has 0 aliphatic rings. The Labute approximate surface area is 297 Å². The molecule has 0 aliphatic heterocycles. The predicted octanol–water partition coefficient (Wildman–Crippen LogP) is 9.78. The van der Waals surface area contributed by atoms with Gasteiger partial charge in [-0.2, -0.15) is 0 Å². The van der Waals surface area contributed by atoms with Gasteiger partial charge in [-0.1, -0.05) is 148 Å². The highest BCUT2D eigenvalue weighted by molar-refractivity contribution is 7.45. The van der Waals surface area contributed by atoms with Crippen molar-refractivity contribution in [2.45, 2.75) is 193 Å². The third-order valence-corrected chi connectivity index (χ3v) is 9.97. The number of unbranched alkanes of at least 4 members (excludes halogenated alkanes) is 21. The van der Waals surface area contributed by atoms with Crippen molar-refractivity contribution >= 4 is 13.7 Å². The van der Waals surface area contributed by atoms with Crippen LogP contribution in [0.15, 0.2) is 12.2 Å². The molecule has 0 heterocycles. The maximum absolute atomic E-state index is 12.7. The zero-order valence-electron chi connectivity index (χ0n) is 32.2. The molecule has 0 aromatic rings. The van der Waals surface area contributed by atoms with E-state index in [0.29, 0.717) is 23.9 Å². The van der Waals surface area contributed by atoms with E-state index in [2.05, 4.69) is 31.3 Å².